The van der Waals surface area contributed by atoms with E-state index >= 15 is 0 Å². The van der Waals surface area contributed by atoms with Crippen molar-refractivity contribution in [2.75, 3.05) is 0 Å². The zero-order valence-electron chi connectivity index (χ0n) is 4.38. The molecule has 0 saturated heterocycles. The maximum Gasteiger partial charge on any atom is 3.00 e. The van der Waals surface area contributed by atoms with Crippen LogP contribution in [0.25, 0.3) is 0 Å². The Morgan fingerprint density at radius 1 is 1.11 bits per heavy atom. The molecule has 0 aliphatic carbocycles. The SMILES string of the molecule is O.O=P([O-])([O-])[O-].[Fe+3].[Na+].[OH-]. The fourth-order valence-corrected chi connectivity index (χ4v) is 0. The van der Waals surface area contributed by atoms with Gasteiger partial charge in [-0.05, 0) is 0 Å². The summed E-state index contributed by atoms with van der Waals surface area (Å²) < 4.78 is 8.55. The van der Waals surface area contributed by atoms with Crippen molar-refractivity contribution < 1.29 is 76.8 Å². The number of phosphoric acid groups is 1. The standard InChI is InChI=1S/Fe.Na.H3O4P.2H2O/c;;1-5(2,3)4;;/h;;(H3,1,2,3,4);2*1H2/q+3;+1;;;/p-4. The van der Waals surface area contributed by atoms with Crippen LogP contribution in [0.5, 0.6) is 0 Å². The van der Waals surface area contributed by atoms with Gasteiger partial charge in [-0.25, -0.2) is 0 Å². The van der Waals surface area contributed by atoms with Crippen LogP contribution in [-0.4, -0.2) is 11.0 Å². The van der Waals surface area contributed by atoms with Gasteiger partial charge >= 0.3 is 46.6 Å². The Balaban J connectivity index is -0.0000000133. The van der Waals surface area contributed by atoms with E-state index in [-0.39, 0.29) is 57.6 Å². The molecule has 0 saturated carbocycles. The minimum atomic E-state index is -5.39. The summed E-state index contributed by atoms with van der Waals surface area (Å²) in [5.74, 6) is 0. The second-order valence-electron chi connectivity index (χ2n) is 0.447. The fourth-order valence-electron chi connectivity index (χ4n) is 0. The number of hydrogen-bond donors (Lipinski definition) is 0. The quantitative estimate of drug-likeness (QED) is 0.287. The third-order valence-corrected chi connectivity index (χ3v) is 0. The normalized spacial score (nSPS) is 6.56. The molecule has 0 amide bonds. The molecule has 9 heavy (non-hydrogen) atoms. The Morgan fingerprint density at radius 3 is 1.11 bits per heavy atom. The zero-order chi connectivity index (χ0) is 4.50. The van der Waals surface area contributed by atoms with Gasteiger partial charge in [0.1, 0.15) is 0 Å². The Bertz CT molecular complexity index is 59.2. The van der Waals surface area contributed by atoms with Crippen molar-refractivity contribution in [3.05, 3.63) is 0 Å². The number of rotatable bonds is 0. The maximum atomic E-state index is 8.55. The van der Waals surface area contributed by atoms with E-state index < -0.39 is 7.82 Å². The van der Waals surface area contributed by atoms with Gasteiger partial charge in [0.15, 0.2) is 0 Å². The molecule has 9 heteroatoms. The molecule has 0 atom stereocenters. The fraction of sp³-hybridized carbons (Fsp3) is 0. The molecule has 0 bridgehead atoms. The first-order valence-corrected chi connectivity index (χ1v) is 2.19. The van der Waals surface area contributed by atoms with Crippen LogP contribution < -0.4 is 44.2 Å². The summed E-state index contributed by atoms with van der Waals surface area (Å²) in [6.07, 6.45) is 0. The van der Waals surface area contributed by atoms with Gasteiger partial charge in [-0.3, -0.25) is 0 Å². The zero-order valence-corrected chi connectivity index (χ0v) is 8.38. The molecule has 0 spiro atoms. The first kappa shape index (κ1) is 31.2. The molecular formula is H3FeNaO6P. The molecule has 1 radical (unpaired) electrons. The Kier molecular flexibility index (Phi) is 42.5. The van der Waals surface area contributed by atoms with Gasteiger partial charge in [-0.2, -0.15) is 7.82 Å². The van der Waals surface area contributed by atoms with E-state index in [1.807, 2.05) is 0 Å². The second kappa shape index (κ2) is 12.2. The summed E-state index contributed by atoms with van der Waals surface area (Å²) in [5.41, 5.74) is 0. The summed E-state index contributed by atoms with van der Waals surface area (Å²) in [4.78, 5) is 25.6. The van der Waals surface area contributed by atoms with Crippen molar-refractivity contribution in [3.63, 3.8) is 0 Å². The van der Waals surface area contributed by atoms with Gasteiger partial charge in [0.05, 0.1) is 0 Å². The molecule has 0 aromatic carbocycles. The molecule has 0 aromatic heterocycles. The summed E-state index contributed by atoms with van der Waals surface area (Å²) in [5, 5.41) is 0. The Morgan fingerprint density at radius 2 is 1.11 bits per heavy atom. The van der Waals surface area contributed by atoms with Gasteiger partial charge in [0.2, 0.25) is 0 Å². The molecule has 0 aromatic rings. The molecule has 0 heterocycles. The van der Waals surface area contributed by atoms with Gasteiger partial charge in [0, 0.05) is 0 Å². The molecule has 0 aliphatic heterocycles. The minimum Gasteiger partial charge on any atom is -0.870 e. The van der Waals surface area contributed by atoms with E-state index in [1.54, 1.807) is 0 Å². The van der Waals surface area contributed by atoms with Crippen LogP contribution in [0.1, 0.15) is 0 Å². The van der Waals surface area contributed by atoms with Crippen molar-refractivity contribution in [1.82, 2.24) is 0 Å². The first-order valence-electron chi connectivity index (χ1n) is 0.730. The minimum absolute atomic E-state index is 0. The van der Waals surface area contributed by atoms with E-state index in [0.29, 0.717) is 0 Å². The van der Waals surface area contributed by atoms with E-state index in [2.05, 4.69) is 0 Å². The largest absolute Gasteiger partial charge is 3.00 e. The monoisotopic (exact) mass is 209 g/mol. The summed E-state index contributed by atoms with van der Waals surface area (Å²) in [7, 11) is -5.39. The molecule has 3 N–H and O–H groups in total. The van der Waals surface area contributed by atoms with Crippen LogP contribution in [0.4, 0.5) is 0 Å². The third kappa shape index (κ3) is 227. The number of hydrogen-bond acceptors (Lipinski definition) is 5. The van der Waals surface area contributed by atoms with Crippen LogP contribution in [-0.2, 0) is 21.6 Å². The Labute approximate surface area is 84.3 Å². The topological polar surface area (TPSA) is 148 Å². The van der Waals surface area contributed by atoms with Gasteiger partial charge in [-0.1, -0.05) is 0 Å². The van der Waals surface area contributed by atoms with E-state index in [1.165, 1.54) is 0 Å². The first-order chi connectivity index (χ1) is 2.00. The van der Waals surface area contributed by atoms with Crippen molar-refractivity contribution in [2.45, 2.75) is 0 Å². The molecule has 0 unspecified atom stereocenters. The third-order valence-electron chi connectivity index (χ3n) is 0. The van der Waals surface area contributed by atoms with E-state index in [0.717, 1.165) is 0 Å². The summed E-state index contributed by atoms with van der Waals surface area (Å²) >= 11 is 0. The molecule has 0 fully saturated rings. The van der Waals surface area contributed by atoms with E-state index in [4.69, 9.17) is 19.2 Å². The molecule has 6 nitrogen and oxygen atoms in total. The molecule has 53 valence electrons. The predicted molar refractivity (Wildman–Crippen MR) is 13.2 cm³/mol. The second-order valence-corrected chi connectivity index (χ2v) is 1.34. The van der Waals surface area contributed by atoms with Crippen molar-refractivity contribution in [1.29, 1.82) is 0 Å². The average Bonchev–Trinajstić information content (AvgIpc) is 0.722. The Hall–Kier alpha value is 1.55. The predicted octanol–water partition coefficient (Wildman–Crippen LogP) is -6.82. The average molecular weight is 209 g/mol. The molecular weight excluding hydrogens is 206 g/mol. The smallest absolute Gasteiger partial charge is 0.870 e. The van der Waals surface area contributed by atoms with Gasteiger partial charge in [0.25, 0.3) is 0 Å². The van der Waals surface area contributed by atoms with Crippen LogP contribution in [0.2, 0.25) is 0 Å². The van der Waals surface area contributed by atoms with Gasteiger partial charge < -0.3 is 30.2 Å². The van der Waals surface area contributed by atoms with Crippen LogP contribution in [0.15, 0.2) is 0 Å². The van der Waals surface area contributed by atoms with Crippen LogP contribution in [0.3, 0.4) is 0 Å². The van der Waals surface area contributed by atoms with Crippen molar-refractivity contribution >= 4 is 7.82 Å². The molecule has 0 rings (SSSR count). The summed E-state index contributed by atoms with van der Waals surface area (Å²) in [6, 6.07) is 0. The molecule has 0 aliphatic rings. The van der Waals surface area contributed by atoms with Crippen LogP contribution >= 0.6 is 7.82 Å². The van der Waals surface area contributed by atoms with Crippen molar-refractivity contribution in [2.24, 2.45) is 0 Å². The van der Waals surface area contributed by atoms with Crippen molar-refractivity contribution in [3.8, 4) is 0 Å². The summed E-state index contributed by atoms with van der Waals surface area (Å²) in [6.45, 7) is 0. The van der Waals surface area contributed by atoms with Gasteiger partial charge in [-0.15, -0.1) is 0 Å². The van der Waals surface area contributed by atoms with Crippen LogP contribution in [0, 0.1) is 0 Å². The maximum absolute atomic E-state index is 8.55. The van der Waals surface area contributed by atoms with E-state index in [9.17, 15) is 0 Å².